The fourth-order valence-corrected chi connectivity index (χ4v) is 3.64. The van der Waals surface area contributed by atoms with Crippen molar-refractivity contribution in [1.82, 2.24) is 15.2 Å². The van der Waals surface area contributed by atoms with Gasteiger partial charge < -0.3 is 10.1 Å². The van der Waals surface area contributed by atoms with Crippen LogP contribution in [0, 0.1) is 11.3 Å². The molecule has 0 spiro atoms. The third-order valence-electron chi connectivity index (χ3n) is 5.23. The highest BCUT2D eigenvalue weighted by Crippen LogP contribution is 2.32. The third kappa shape index (κ3) is 6.04. The Labute approximate surface area is 195 Å². The number of aromatic nitrogens is 1. The van der Waals surface area contributed by atoms with Crippen molar-refractivity contribution < 1.29 is 27.5 Å². The van der Waals surface area contributed by atoms with Gasteiger partial charge in [0.05, 0.1) is 23.4 Å². The molecule has 2 heterocycles. The molecule has 0 saturated carbocycles. The first-order valence-electron chi connectivity index (χ1n) is 10.7. The smallest absolute Gasteiger partial charge is 0.416 e. The molecule has 1 N–H and O–H groups in total. The van der Waals surface area contributed by atoms with Gasteiger partial charge in [0, 0.05) is 18.3 Å². The summed E-state index contributed by atoms with van der Waals surface area (Å²) >= 11 is 0. The second-order valence-electron chi connectivity index (χ2n) is 8.96. The summed E-state index contributed by atoms with van der Waals surface area (Å²) in [5.74, 6) is -0.356. The average molecular weight is 474 g/mol. The first kappa shape index (κ1) is 25.0. The zero-order valence-electron chi connectivity index (χ0n) is 19.1. The summed E-state index contributed by atoms with van der Waals surface area (Å²) in [5.41, 5.74) is -0.0201. The molecule has 0 bridgehead atoms. The number of nitrogens with one attached hydrogen (secondary N) is 1. The predicted molar refractivity (Wildman–Crippen MR) is 117 cm³/mol. The van der Waals surface area contributed by atoms with Crippen LogP contribution in [0.3, 0.4) is 0 Å². The molecule has 1 aliphatic heterocycles. The maximum absolute atomic E-state index is 12.9. The molecule has 1 atom stereocenters. The first-order valence-corrected chi connectivity index (χ1v) is 10.7. The second-order valence-corrected chi connectivity index (χ2v) is 8.96. The molecule has 2 aromatic rings. The Morgan fingerprint density at radius 1 is 1.24 bits per heavy atom. The van der Waals surface area contributed by atoms with E-state index in [0.29, 0.717) is 36.2 Å². The number of carbonyl (C=O) groups excluding carboxylic acids is 2. The van der Waals surface area contributed by atoms with Crippen LogP contribution in [0.4, 0.5) is 18.0 Å². The quantitative estimate of drug-likeness (QED) is 0.696. The number of alkyl halides is 3. The van der Waals surface area contributed by atoms with Crippen LogP contribution in [0.2, 0.25) is 0 Å². The lowest BCUT2D eigenvalue weighted by Gasteiger charge is -2.28. The molecule has 0 aliphatic carbocycles. The van der Waals surface area contributed by atoms with Gasteiger partial charge in [0.15, 0.2) is 0 Å². The van der Waals surface area contributed by atoms with Gasteiger partial charge in [-0.15, -0.1) is 0 Å². The van der Waals surface area contributed by atoms with Crippen LogP contribution < -0.4 is 5.32 Å². The van der Waals surface area contributed by atoms with E-state index in [-0.39, 0.29) is 18.0 Å². The number of pyridine rings is 1. The molecule has 1 aromatic heterocycles. The zero-order chi connectivity index (χ0) is 25.1. The number of amides is 2. The Morgan fingerprint density at radius 3 is 2.50 bits per heavy atom. The minimum absolute atomic E-state index is 0.0246. The molecule has 7 nitrogen and oxygen atoms in total. The van der Waals surface area contributed by atoms with Gasteiger partial charge in [0.25, 0.3) is 0 Å². The van der Waals surface area contributed by atoms with Crippen molar-refractivity contribution >= 4 is 12.0 Å². The van der Waals surface area contributed by atoms with Gasteiger partial charge in [-0.05, 0) is 57.4 Å². The molecule has 1 fully saturated rings. The normalized spacial score (nSPS) is 16.1. The van der Waals surface area contributed by atoms with Gasteiger partial charge >= 0.3 is 12.3 Å². The third-order valence-corrected chi connectivity index (χ3v) is 5.23. The fourth-order valence-electron chi connectivity index (χ4n) is 3.64. The molecule has 3 rings (SSSR count). The molecule has 1 aliphatic rings. The van der Waals surface area contributed by atoms with Gasteiger partial charge in [-0.3, -0.25) is 14.7 Å². The highest BCUT2D eigenvalue weighted by Gasteiger charge is 2.36. The Balaban J connectivity index is 1.72. The van der Waals surface area contributed by atoms with Gasteiger partial charge in [-0.25, -0.2) is 4.79 Å². The van der Waals surface area contributed by atoms with Crippen molar-refractivity contribution in [3.8, 4) is 17.2 Å². The van der Waals surface area contributed by atoms with Crippen LogP contribution in [0.1, 0.15) is 50.4 Å². The standard InChI is InChI=1S/C24H25F3N4O3/c1-23(2,3)34-22(33)31-10-4-5-20(31)21(32)30-14-18-11-19(16(12-28)13-29-18)15-6-8-17(9-7-15)24(25,26)27/h6-9,11,13,20H,4-5,10,14H2,1-3H3,(H,30,32)/t20-/m0/s1. The number of halogens is 3. The molecule has 0 unspecified atom stereocenters. The van der Waals surface area contributed by atoms with Crippen LogP contribution in [0.15, 0.2) is 36.5 Å². The van der Waals surface area contributed by atoms with E-state index in [0.717, 1.165) is 12.1 Å². The fraction of sp³-hybridized carbons (Fsp3) is 0.417. The Kier molecular flexibility index (Phi) is 7.15. The van der Waals surface area contributed by atoms with Gasteiger partial charge in [0.2, 0.25) is 5.91 Å². The predicted octanol–water partition coefficient (Wildman–Crippen LogP) is 4.65. The largest absolute Gasteiger partial charge is 0.444 e. The van der Waals surface area contributed by atoms with Crippen molar-refractivity contribution in [3.05, 3.63) is 53.3 Å². The maximum Gasteiger partial charge on any atom is 0.416 e. The minimum atomic E-state index is -4.46. The summed E-state index contributed by atoms with van der Waals surface area (Å²) in [6, 6.07) is 7.35. The van der Waals surface area contributed by atoms with Crippen molar-refractivity contribution in [2.45, 2.75) is 58.0 Å². The minimum Gasteiger partial charge on any atom is -0.444 e. The SMILES string of the molecule is CC(C)(C)OC(=O)N1CCC[C@H]1C(=O)NCc1cc(-c2ccc(C(F)(F)F)cc2)c(C#N)cn1. The van der Waals surface area contributed by atoms with E-state index in [1.165, 1.54) is 23.2 Å². The van der Waals surface area contributed by atoms with Crippen molar-refractivity contribution in [2.24, 2.45) is 0 Å². The van der Waals surface area contributed by atoms with Gasteiger partial charge in [-0.2, -0.15) is 18.4 Å². The molecule has 180 valence electrons. The summed E-state index contributed by atoms with van der Waals surface area (Å²) in [6.45, 7) is 5.69. The summed E-state index contributed by atoms with van der Waals surface area (Å²) in [4.78, 5) is 30.8. The number of nitrogens with zero attached hydrogens (tertiary/aromatic N) is 3. The number of carbonyl (C=O) groups is 2. The second kappa shape index (κ2) is 9.71. The van der Waals surface area contributed by atoms with Gasteiger partial charge in [-0.1, -0.05) is 12.1 Å². The first-order chi connectivity index (χ1) is 15.9. The van der Waals surface area contributed by atoms with Crippen LogP contribution in [0.5, 0.6) is 0 Å². The van der Waals surface area contributed by atoms with Crippen LogP contribution in [-0.2, 0) is 22.3 Å². The summed E-state index contributed by atoms with van der Waals surface area (Å²) < 4.78 is 44.0. The summed E-state index contributed by atoms with van der Waals surface area (Å²) in [6.07, 6.45) is -2.52. The van der Waals surface area contributed by atoms with E-state index in [9.17, 15) is 28.0 Å². The lowest BCUT2D eigenvalue weighted by atomic mass is 10.00. The van der Waals surface area contributed by atoms with Crippen LogP contribution >= 0.6 is 0 Å². The lowest BCUT2D eigenvalue weighted by molar-refractivity contribution is -0.137. The van der Waals surface area contributed by atoms with Crippen molar-refractivity contribution in [2.75, 3.05) is 6.54 Å². The van der Waals surface area contributed by atoms with Gasteiger partial charge in [0.1, 0.15) is 17.7 Å². The van der Waals surface area contributed by atoms with Crippen LogP contribution in [0.25, 0.3) is 11.1 Å². The molecule has 34 heavy (non-hydrogen) atoms. The monoisotopic (exact) mass is 474 g/mol. The zero-order valence-corrected chi connectivity index (χ0v) is 19.1. The number of likely N-dealkylation sites (tertiary alicyclic amines) is 1. The molecule has 0 radical (unpaired) electrons. The molecule has 2 amide bonds. The van der Waals surface area contributed by atoms with E-state index >= 15 is 0 Å². The number of hydrogen-bond acceptors (Lipinski definition) is 5. The lowest BCUT2D eigenvalue weighted by Crippen LogP contribution is -2.47. The molecule has 1 aromatic carbocycles. The number of hydrogen-bond donors (Lipinski definition) is 1. The topological polar surface area (TPSA) is 95.3 Å². The number of benzene rings is 1. The molecule has 1 saturated heterocycles. The highest BCUT2D eigenvalue weighted by atomic mass is 19.4. The van der Waals surface area contributed by atoms with E-state index in [2.05, 4.69) is 10.3 Å². The average Bonchev–Trinajstić information content (AvgIpc) is 3.26. The van der Waals surface area contributed by atoms with Crippen molar-refractivity contribution in [3.63, 3.8) is 0 Å². The maximum atomic E-state index is 12.9. The number of rotatable bonds is 4. The van der Waals surface area contributed by atoms with E-state index in [1.54, 1.807) is 26.8 Å². The number of ether oxygens (including phenoxy) is 1. The van der Waals surface area contributed by atoms with E-state index < -0.39 is 29.5 Å². The summed E-state index contributed by atoms with van der Waals surface area (Å²) in [7, 11) is 0. The van der Waals surface area contributed by atoms with Crippen LogP contribution in [-0.4, -0.2) is 40.1 Å². The Hall–Kier alpha value is -3.61. The van der Waals surface area contributed by atoms with E-state index in [1.807, 2.05) is 6.07 Å². The van der Waals surface area contributed by atoms with Crippen molar-refractivity contribution in [1.29, 1.82) is 5.26 Å². The Bertz CT molecular complexity index is 1100. The number of nitriles is 1. The molecular weight excluding hydrogens is 449 g/mol. The molecular formula is C24H25F3N4O3. The molecule has 10 heteroatoms. The van der Waals surface area contributed by atoms with E-state index in [4.69, 9.17) is 4.74 Å². The Morgan fingerprint density at radius 2 is 1.91 bits per heavy atom. The highest BCUT2D eigenvalue weighted by molar-refractivity contribution is 5.86. The summed E-state index contributed by atoms with van der Waals surface area (Å²) in [5, 5.41) is 12.1.